The highest BCUT2D eigenvalue weighted by atomic mass is 32.1. The van der Waals surface area contributed by atoms with Crippen molar-refractivity contribution in [2.75, 3.05) is 0 Å². The van der Waals surface area contributed by atoms with Crippen molar-refractivity contribution < 1.29 is 9.72 Å². The van der Waals surface area contributed by atoms with Crippen LogP contribution >= 0.6 is 12.2 Å². The Bertz CT molecular complexity index is 426. The van der Waals surface area contributed by atoms with Gasteiger partial charge in [-0.1, -0.05) is 18.3 Å². The van der Waals surface area contributed by atoms with Crippen molar-refractivity contribution in [2.45, 2.75) is 0 Å². The second kappa shape index (κ2) is 4.01. The van der Waals surface area contributed by atoms with Crippen molar-refractivity contribution in [3.8, 4) is 0 Å². The van der Waals surface area contributed by atoms with Crippen LogP contribution in [-0.4, -0.2) is 15.8 Å². The molecule has 7 heteroatoms. The summed E-state index contributed by atoms with van der Waals surface area (Å²) in [5.74, 6) is -0.889. The van der Waals surface area contributed by atoms with Gasteiger partial charge in [-0.2, -0.15) is 0 Å². The van der Waals surface area contributed by atoms with Crippen LogP contribution in [-0.2, 0) is 0 Å². The molecule has 0 unspecified atom stereocenters. The van der Waals surface area contributed by atoms with Crippen molar-refractivity contribution in [3.63, 3.8) is 0 Å². The fourth-order valence-corrected chi connectivity index (χ4v) is 1.30. The van der Waals surface area contributed by atoms with Crippen molar-refractivity contribution in [1.29, 1.82) is 0 Å². The smallest absolute Gasteiger partial charge is 0.292 e. The lowest BCUT2D eigenvalue weighted by molar-refractivity contribution is -0.385. The SMILES string of the molecule is NC(=O)c1cccc(C(N)=S)c1[N+](=O)[O-]. The molecule has 0 saturated heterocycles. The molecule has 1 aromatic carbocycles. The Morgan fingerprint density at radius 1 is 1.33 bits per heavy atom. The fraction of sp³-hybridized carbons (Fsp3) is 0. The van der Waals surface area contributed by atoms with Crippen LogP contribution in [0.5, 0.6) is 0 Å². The molecule has 0 radical (unpaired) electrons. The zero-order chi connectivity index (χ0) is 11.6. The largest absolute Gasteiger partial charge is 0.389 e. The minimum atomic E-state index is -0.889. The number of thiocarbonyl (C=S) groups is 1. The molecule has 0 fully saturated rings. The highest BCUT2D eigenvalue weighted by Gasteiger charge is 2.23. The van der Waals surface area contributed by atoms with Gasteiger partial charge in [0.2, 0.25) is 0 Å². The number of nitrogens with two attached hydrogens (primary N) is 2. The summed E-state index contributed by atoms with van der Waals surface area (Å²) in [5.41, 5.74) is 9.67. The molecule has 1 rings (SSSR count). The molecule has 1 amide bonds. The molecule has 15 heavy (non-hydrogen) atoms. The quantitative estimate of drug-likeness (QED) is 0.437. The summed E-state index contributed by atoms with van der Waals surface area (Å²) >= 11 is 4.64. The Hall–Kier alpha value is -2.02. The Labute approximate surface area is 90.0 Å². The van der Waals surface area contributed by atoms with E-state index in [4.69, 9.17) is 11.5 Å². The van der Waals surface area contributed by atoms with Gasteiger partial charge in [-0.15, -0.1) is 0 Å². The van der Waals surface area contributed by atoms with E-state index in [2.05, 4.69) is 12.2 Å². The number of nitro benzene ring substituents is 1. The van der Waals surface area contributed by atoms with E-state index >= 15 is 0 Å². The predicted molar refractivity (Wildman–Crippen MR) is 57.5 cm³/mol. The van der Waals surface area contributed by atoms with Gasteiger partial charge in [-0.3, -0.25) is 14.9 Å². The third-order valence-corrected chi connectivity index (χ3v) is 1.97. The van der Waals surface area contributed by atoms with Crippen LogP contribution in [0.1, 0.15) is 15.9 Å². The zero-order valence-electron chi connectivity index (χ0n) is 7.47. The second-order valence-electron chi connectivity index (χ2n) is 2.69. The van der Waals surface area contributed by atoms with Crippen LogP contribution in [0.25, 0.3) is 0 Å². The third kappa shape index (κ3) is 2.08. The Kier molecular flexibility index (Phi) is 2.96. The molecule has 4 N–H and O–H groups in total. The topological polar surface area (TPSA) is 112 Å². The Morgan fingerprint density at radius 3 is 2.27 bits per heavy atom. The molecule has 6 nitrogen and oxygen atoms in total. The zero-order valence-corrected chi connectivity index (χ0v) is 8.28. The summed E-state index contributed by atoms with van der Waals surface area (Å²) in [5, 5.41) is 10.7. The number of para-hydroxylation sites is 1. The second-order valence-corrected chi connectivity index (χ2v) is 3.13. The molecule has 0 aliphatic rings. The number of amides is 1. The number of hydrogen-bond donors (Lipinski definition) is 2. The van der Waals surface area contributed by atoms with Gasteiger partial charge in [0.15, 0.2) is 0 Å². The van der Waals surface area contributed by atoms with E-state index in [0.29, 0.717) is 0 Å². The summed E-state index contributed by atoms with van der Waals surface area (Å²) in [7, 11) is 0. The Balaban J connectivity index is 3.56. The van der Waals surface area contributed by atoms with Gasteiger partial charge in [-0.25, -0.2) is 0 Å². The molecule has 0 aliphatic carbocycles. The molecule has 0 spiro atoms. The monoisotopic (exact) mass is 225 g/mol. The highest BCUT2D eigenvalue weighted by Crippen LogP contribution is 2.23. The van der Waals surface area contributed by atoms with Crippen LogP contribution in [0.3, 0.4) is 0 Å². The molecular weight excluding hydrogens is 218 g/mol. The normalized spacial score (nSPS) is 9.60. The van der Waals surface area contributed by atoms with Crippen LogP contribution in [0.15, 0.2) is 18.2 Å². The van der Waals surface area contributed by atoms with Crippen molar-refractivity contribution >= 4 is 28.8 Å². The summed E-state index contributed by atoms with van der Waals surface area (Å²) < 4.78 is 0. The maximum atomic E-state index is 10.9. The van der Waals surface area contributed by atoms with E-state index < -0.39 is 16.5 Å². The lowest BCUT2D eigenvalue weighted by Crippen LogP contribution is -2.18. The third-order valence-electron chi connectivity index (χ3n) is 1.75. The van der Waals surface area contributed by atoms with Crippen LogP contribution in [0, 0.1) is 10.1 Å². The number of nitro groups is 1. The first-order valence-electron chi connectivity index (χ1n) is 3.82. The predicted octanol–water partition coefficient (Wildman–Crippen LogP) is 0.328. The summed E-state index contributed by atoms with van der Waals surface area (Å²) in [6.07, 6.45) is 0. The average Bonchev–Trinajstić information content (AvgIpc) is 2.16. The van der Waals surface area contributed by atoms with Gasteiger partial charge < -0.3 is 11.5 Å². The molecule has 0 aromatic heterocycles. The minimum Gasteiger partial charge on any atom is -0.389 e. The maximum Gasteiger partial charge on any atom is 0.292 e. The van der Waals surface area contributed by atoms with E-state index in [1.807, 2.05) is 0 Å². The summed E-state index contributed by atoms with van der Waals surface area (Å²) in [6.45, 7) is 0. The number of primary amides is 1. The summed E-state index contributed by atoms with van der Waals surface area (Å²) in [6, 6.07) is 4.05. The standard InChI is InChI=1S/C8H7N3O3S/c9-7(12)4-2-1-3-5(8(10)15)6(4)11(13)14/h1-3H,(H2,9,12)(H2,10,15). The number of hydrogen-bond acceptors (Lipinski definition) is 4. The van der Waals surface area contributed by atoms with Crippen molar-refractivity contribution in [1.82, 2.24) is 0 Å². The van der Waals surface area contributed by atoms with Crippen molar-refractivity contribution in [2.24, 2.45) is 11.5 Å². The van der Waals surface area contributed by atoms with Crippen LogP contribution in [0.4, 0.5) is 5.69 Å². The van der Waals surface area contributed by atoms with E-state index in [-0.39, 0.29) is 16.1 Å². The fourth-order valence-electron chi connectivity index (χ4n) is 1.14. The molecule has 78 valence electrons. The molecule has 0 saturated carbocycles. The molecule has 1 aromatic rings. The first kappa shape index (κ1) is 11.1. The molecule has 0 aliphatic heterocycles. The maximum absolute atomic E-state index is 10.9. The van der Waals surface area contributed by atoms with E-state index in [1.165, 1.54) is 18.2 Å². The van der Waals surface area contributed by atoms with Crippen molar-refractivity contribution in [3.05, 3.63) is 39.4 Å². The van der Waals surface area contributed by atoms with E-state index in [1.54, 1.807) is 0 Å². The average molecular weight is 225 g/mol. The van der Waals surface area contributed by atoms with E-state index in [9.17, 15) is 14.9 Å². The van der Waals surface area contributed by atoms with Gasteiger partial charge in [0, 0.05) is 0 Å². The minimum absolute atomic E-state index is 0.0336. The molecule has 0 atom stereocenters. The van der Waals surface area contributed by atoms with Crippen LogP contribution < -0.4 is 11.5 Å². The molecule has 0 heterocycles. The number of benzene rings is 1. The van der Waals surface area contributed by atoms with Gasteiger partial charge in [0.1, 0.15) is 10.6 Å². The lowest BCUT2D eigenvalue weighted by atomic mass is 10.1. The number of carbonyl (C=O) groups is 1. The number of carbonyl (C=O) groups excluding carboxylic acids is 1. The van der Waals surface area contributed by atoms with Gasteiger partial charge in [-0.05, 0) is 12.1 Å². The molecular formula is C8H7N3O3S. The summed E-state index contributed by atoms with van der Waals surface area (Å²) in [4.78, 5) is 20.8. The first-order valence-corrected chi connectivity index (χ1v) is 4.23. The molecule has 0 bridgehead atoms. The van der Waals surface area contributed by atoms with Gasteiger partial charge in [0.05, 0.1) is 10.5 Å². The van der Waals surface area contributed by atoms with E-state index in [0.717, 1.165) is 0 Å². The first-order chi connectivity index (χ1) is 6.95. The number of nitrogens with zero attached hydrogens (tertiary/aromatic N) is 1. The van der Waals surface area contributed by atoms with Gasteiger partial charge >= 0.3 is 0 Å². The lowest BCUT2D eigenvalue weighted by Gasteiger charge is -2.03. The Morgan fingerprint density at radius 2 is 1.87 bits per heavy atom. The van der Waals surface area contributed by atoms with Gasteiger partial charge in [0.25, 0.3) is 11.6 Å². The number of rotatable bonds is 3. The highest BCUT2D eigenvalue weighted by molar-refractivity contribution is 7.80. The van der Waals surface area contributed by atoms with Crippen LogP contribution in [0.2, 0.25) is 0 Å².